The van der Waals surface area contributed by atoms with Crippen LogP contribution in [0.15, 0.2) is 42.6 Å². The Morgan fingerprint density at radius 3 is 2.75 bits per heavy atom. The van der Waals surface area contributed by atoms with Crippen LogP contribution in [0.2, 0.25) is 0 Å². The smallest absolute Gasteiger partial charge is 0.328 e. The molecule has 0 aliphatic carbocycles. The number of pyridine rings is 1. The summed E-state index contributed by atoms with van der Waals surface area (Å²) in [5.74, 6) is -0.709. The molecule has 4 nitrogen and oxygen atoms in total. The molecule has 2 rings (SSSR count). The number of hydrogen-bond donors (Lipinski definition) is 1. The van der Waals surface area contributed by atoms with E-state index >= 15 is 0 Å². The maximum Gasteiger partial charge on any atom is 0.328 e. The molecule has 0 spiro atoms. The van der Waals surface area contributed by atoms with Crippen molar-refractivity contribution in [2.75, 3.05) is 0 Å². The number of carboxylic acids is 1. The summed E-state index contributed by atoms with van der Waals surface area (Å²) in [7, 11) is 0. The van der Waals surface area contributed by atoms with Crippen molar-refractivity contribution in [3.63, 3.8) is 0 Å². The quantitative estimate of drug-likeness (QED) is 0.867. The highest BCUT2D eigenvalue weighted by atomic mass is 19.1. The Kier molecular flexibility index (Phi) is 4.10. The highest BCUT2D eigenvalue weighted by molar-refractivity contribution is 5.85. The molecular formula is C15H12FNO3. The van der Waals surface area contributed by atoms with Crippen molar-refractivity contribution >= 4 is 12.0 Å². The number of benzene rings is 1. The van der Waals surface area contributed by atoms with Gasteiger partial charge < -0.3 is 9.84 Å². The first-order valence-corrected chi connectivity index (χ1v) is 5.85. The second-order valence-electron chi connectivity index (χ2n) is 4.11. The van der Waals surface area contributed by atoms with Gasteiger partial charge in [0, 0.05) is 24.4 Å². The van der Waals surface area contributed by atoms with Crippen molar-refractivity contribution in [3.8, 4) is 11.6 Å². The number of ether oxygens (including phenoxy) is 1. The zero-order chi connectivity index (χ0) is 14.5. The van der Waals surface area contributed by atoms with Crippen LogP contribution in [0.3, 0.4) is 0 Å². The monoisotopic (exact) mass is 273 g/mol. The van der Waals surface area contributed by atoms with Crippen LogP contribution < -0.4 is 4.74 Å². The number of halogens is 1. The second kappa shape index (κ2) is 5.97. The molecule has 2 aromatic rings. The van der Waals surface area contributed by atoms with Gasteiger partial charge in [0.15, 0.2) is 0 Å². The molecule has 1 aromatic carbocycles. The zero-order valence-electron chi connectivity index (χ0n) is 10.7. The molecule has 0 fully saturated rings. The normalized spacial score (nSPS) is 10.7. The molecular weight excluding hydrogens is 261 g/mol. The van der Waals surface area contributed by atoms with Gasteiger partial charge in [0.1, 0.15) is 11.6 Å². The van der Waals surface area contributed by atoms with E-state index in [0.717, 1.165) is 6.08 Å². The summed E-state index contributed by atoms with van der Waals surface area (Å²) in [5, 5.41) is 8.51. The number of rotatable bonds is 4. The summed E-state index contributed by atoms with van der Waals surface area (Å²) in [6, 6.07) is 7.80. The molecule has 0 saturated carbocycles. The van der Waals surface area contributed by atoms with E-state index < -0.39 is 5.97 Å². The fraction of sp³-hybridized carbons (Fsp3) is 0.0667. The fourth-order valence-electron chi connectivity index (χ4n) is 1.48. The number of carbonyl (C=O) groups is 1. The average molecular weight is 273 g/mol. The van der Waals surface area contributed by atoms with Crippen LogP contribution in [-0.4, -0.2) is 16.1 Å². The van der Waals surface area contributed by atoms with Crippen LogP contribution in [0.25, 0.3) is 6.08 Å². The van der Waals surface area contributed by atoms with Crippen molar-refractivity contribution in [2.45, 2.75) is 6.92 Å². The third kappa shape index (κ3) is 3.65. The van der Waals surface area contributed by atoms with E-state index in [4.69, 9.17) is 9.84 Å². The van der Waals surface area contributed by atoms with Crippen molar-refractivity contribution < 1.29 is 19.0 Å². The molecule has 5 heteroatoms. The van der Waals surface area contributed by atoms with Gasteiger partial charge in [-0.2, -0.15) is 0 Å². The largest absolute Gasteiger partial charge is 0.478 e. The number of hydrogen-bond acceptors (Lipinski definition) is 3. The molecule has 0 atom stereocenters. The third-order valence-corrected chi connectivity index (χ3v) is 2.54. The summed E-state index contributed by atoms with van der Waals surface area (Å²) >= 11 is 0. The lowest BCUT2D eigenvalue weighted by molar-refractivity contribution is -0.131. The lowest BCUT2D eigenvalue weighted by Crippen LogP contribution is -1.90. The second-order valence-corrected chi connectivity index (χ2v) is 4.11. The summed E-state index contributed by atoms with van der Waals surface area (Å²) in [5.41, 5.74) is 1.18. The van der Waals surface area contributed by atoms with E-state index in [1.54, 1.807) is 31.2 Å². The summed E-state index contributed by atoms with van der Waals surface area (Å²) < 4.78 is 18.8. The van der Waals surface area contributed by atoms with E-state index in [1.165, 1.54) is 18.3 Å². The van der Waals surface area contributed by atoms with Gasteiger partial charge in [0.25, 0.3) is 0 Å². The number of aryl methyl sites for hydroxylation is 1. The van der Waals surface area contributed by atoms with Crippen LogP contribution in [0.5, 0.6) is 11.6 Å². The number of nitrogens with zero attached hydrogens (tertiary/aromatic N) is 1. The van der Waals surface area contributed by atoms with Gasteiger partial charge in [0.2, 0.25) is 5.88 Å². The van der Waals surface area contributed by atoms with Gasteiger partial charge in [-0.05, 0) is 36.3 Å². The SMILES string of the molecule is Cc1ccc(Oc2ccc(/C=C/C(=O)O)cn2)cc1F. The molecule has 1 N–H and O–H groups in total. The lowest BCUT2D eigenvalue weighted by atomic mass is 10.2. The van der Waals surface area contributed by atoms with E-state index in [0.29, 0.717) is 22.8 Å². The number of carboxylic acid groups (broad SMARTS) is 1. The Hall–Kier alpha value is -2.69. The first-order valence-electron chi connectivity index (χ1n) is 5.85. The van der Waals surface area contributed by atoms with Gasteiger partial charge >= 0.3 is 5.97 Å². The van der Waals surface area contributed by atoms with E-state index in [-0.39, 0.29) is 5.82 Å². The molecule has 20 heavy (non-hydrogen) atoms. The van der Waals surface area contributed by atoms with Crippen LogP contribution in [0, 0.1) is 12.7 Å². The standard InChI is InChI=1S/C15H12FNO3/c1-10-2-5-12(8-13(10)16)20-14-6-3-11(9-17-14)4-7-15(18)19/h2-9H,1H3,(H,18,19)/b7-4+. The predicted molar refractivity (Wildman–Crippen MR) is 72.1 cm³/mol. The Morgan fingerprint density at radius 2 is 2.15 bits per heavy atom. The molecule has 102 valence electrons. The minimum Gasteiger partial charge on any atom is -0.478 e. The molecule has 0 saturated heterocycles. The van der Waals surface area contributed by atoms with Crippen molar-refractivity contribution in [2.24, 2.45) is 0 Å². The minimum absolute atomic E-state index is 0.306. The van der Waals surface area contributed by atoms with Crippen molar-refractivity contribution in [3.05, 3.63) is 59.5 Å². The average Bonchev–Trinajstić information content (AvgIpc) is 2.42. The maximum atomic E-state index is 13.4. The molecule has 0 unspecified atom stereocenters. The summed E-state index contributed by atoms with van der Waals surface area (Å²) in [4.78, 5) is 14.4. The van der Waals surface area contributed by atoms with Crippen LogP contribution in [0.1, 0.15) is 11.1 Å². The molecule has 0 aliphatic rings. The Morgan fingerprint density at radius 1 is 1.35 bits per heavy atom. The van der Waals surface area contributed by atoms with Crippen molar-refractivity contribution in [1.82, 2.24) is 4.98 Å². The highest BCUT2D eigenvalue weighted by Crippen LogP contribution is 2.21. The number of aliphatic carboxylic acids is 1. The van der Waals surface area contributed by atoms with Crippen LogP contribution in [0.4, 0.5) is 4.39 Å². The molecule has 0 amide bonds. The van der Waals surface area contributed by atoms with E-state index in [9.17, 15) is 9.18 Å². The van der Waals surface area contributed by atoms with E-state index in [2.05, 4.69) is 4.98 Å². The predicted octanol–water partition coefficient (Wildman–Crippen LogP) is 3.42. The third-order valence-electron chi connectivity index (χ3n) is 2.54. The maximum absolute atomic E-state index is 13.4. The fourth-order valence-corrected chi connectivity index (χ4v) is 1.48. The van der Waals surface area contributed by atoms with Gasteiger partial charge in [-0.25, -0.2) is 14.2 Å². The first kappa shape index (κ1) is 13.7. The van der Waals surface area contributed by atoms with E-state index in [1.807, 2.05) is 0 Å². The summed E-state index contributed by atoms with van der Waals surface area (Å²) in [6.07, 6.45) is 3.91. The molecule has 0 aliphatic heterocycles. The number of aromatic nitrogens is 1. The Balaban J connectivity index is 2.10. The lowest BCUT2D eigenvalue weighted by Gasteiger charge is -2.05. The molecule has 0 bridgehead atoms. The minimum atomic E-state index is -1.03. The topological polar surface area (TPSA) is 59.4 Å². The summed E-state index contributed by atoms with van der Waals surface area (Å²) in [6.45, 7) is 1.67. The van der Waals surface area contributed by atoms with Gasteiger partial charge in [-0.1, -0.05) is 6.07 Å². The Labute approximate surface area is 115 Å². The zero-order valence-corrected chi connectivity index (χ0v) is 10.7. The van der Waals surface area contributed by atoms with Crippen molar-refractivity contribution in [1.29, 1.82) is 0 Å². The molecule has 1 heterocycles. The highest BCUT2D eigenvalue weighted by Gasteiger charge is 2.02. The van der Waals surface area contributed by atoms with Crippen LogP contribution in [-0.2, 0) is 4.79 Å². The molecule has 1 aromatic heterocycles. The van der Waals surface area contributed by atoms with Gasteiger partial charge in [-0.3, -0.25) is 0 Å². The molecule has 0 radical (unpaired) electrons. The first-order chi connectivity index (χ1) is 9.54. The van der Waals surface area contributed by atoms with Gasteiger partial charge in [-0.15, -0.1) is 0 Å². The van der Waals surface area contributed by atoms with Gasteiger partial charge in [0.05, 0.1) is 0 Å². The Bertz CT molecular complexity index is 651. The van der Waals surface area contributed by atoms with Crippen LogP contribution >= 0.6 is 0 Å².